The maximum absolute atomic E-state index is 12.9. The van der Waals surface area contributed by atoms with Gasteiger partial charge in [0.15, 0.2) is 5.82 Å². The molecule has 0 spiro atoms. The largest absolute Gasteiger partial charge is 0.497 e. The third-order valence-corrected chi connectivity index (χ3v) is 6.17. The molecule has 8 heteroatoms. The summed E-state index contributed by atoms with van der Waals surface area (Å²) in [6.45, 7) is 1.57. The molecule has 1 aliphatic heterocycles. The molecule has 0 radical (unpaired) electrons. The number of H-pyrrole nitrogens is 1. The molecule has 5 rings (SSSR count). The first-order chi connectivity index (χ1) is 15.5. The summed E-state index contributed by atoms with van der Waals surface area (Å²) in [5, 5.41) is 12.6. The van der Waals surface area contributed by atoms with Gasteiger partial charge >= 0.3 is 0 Å². The number of fused-ring (bicyclic) bond motifs is 3. The van der Waals surface area contributed by atoms with E-state index in [1.807, 2.05) is 53.6 Å². The molecule has 8 nitrogen and oxygen atoms in total. The number of carbonyl (C=O) groups excluding carboxylic acids is 1. The van der Waals surface area contributed by atoms with Gasteiger partial charge in [-0.25, -0.2) is 4.98 Å². The molecule has 0 saturated carbocycles. The summed E-state index contributed by atoms with van der Waals surface area (Å²) in [4.78, 5) is 21.7. The number of benzene rings is 2. The minimum Gasteiger partial charge on any atom is -0.497 e. The zero-order valence-corrected chi connectivity index (χ0v) is 18.4. The van der Waals surface area contributed by atoms with Gasteiger partial charge in [0, 0.05) is 47.4 Å². The lowest BCUT2D eigenvalue weighted by molar-refractivity contribution is 0.0783. The Bertz CT molecular complexity index is 1280. The number of aromatic nitrogens is 3. The van der Waals surface area contributed by atoms with Crippen LogP contribution < -0.4 is 10.1 Å². The molecular weight excluding hydrogens is 404 g/mol. The van der Waals surface area contributed by atoms with Crippen LogP contribution in [0.3, 0.4) is 0 Å². The Labute approximate surface area is 186 Å². The first kappa shape index (κ1) is 20.3. The fourth-order valence-corrected chi connectivity index (χ4v) is 4.25. The molecule has 3 heterocycles. The second-order valence-corrected chi connectivity index (χ2v) is 8.35. The van der Waals surface area contributed by atoms with Crippen LogP contribution >= 0.6 is 0 Å². The van der Waals surface area contributed by atoms with Crippen LogP contribution in [0.2, 0.25) is 0 Å². The molecule has 1 aliphatic rings. The van der Waals surface area contributed by atoms with E-state index in [2.05, 4.69) is 34.5 Å². The minimum atomic E-state index is 0.0772. The summed E-state index contributed by atoms with van der Waals surface area (Å²) in [7, 11) is 5.77. The molecule has 32 heavy (non-hydrogen) atoms. The number of hydrogen-bond acceptors (Lipinski definition) is 6. The van der Waals surface area contributed by atoms with Crippen LogP contribution in [0.15, 0.2) is 48.7 Å². The van der Waals surface area contributed by atoms with Crippen LogP contribution in [0.5, 0.6) is 5.75 Å². The number of carbonyl (C=O) groups is 1. The number of hydrogen-bond donors (Lipinski definition) is 2. The molecule has 1 saturated heterocycles. The second-order valence-electron chi connectivity index (χ2n) is 8.35. The number of anilines is 2. The first-order valence-corrected chi connectivity index (χ1v) is 10.7. The number of amides is 1. The molecule has 2 aromatic heterocycles. The number of nitrogens with one attached hydrogen (secondary N) is 2. The molecule has 2 aromatic carbocycles. The highest BCUT2D eigenvalue weighted by atomic mass is 16.5. The molecule has 1 atom stereocenters. The quantitative estimate of drug-likeness (QED) is 0.503. The predicted molar refractivity (Wildman–Crippen MR) is 126 cm³/mol. The van der Waals surface area contributed by atoms with Gasteiger partial charge in [-0.1, -0.05) is 0 Å². The number of ether oxygens (including phenoxy) is 1. The van der Waals surface area contributed by atoms with Crippen molar-refractivity contribution >= 4 is 39.2 Å². The lowest BCUT2D eigenvalue weighted by Crippen LogP contribution is -2.34. The summed E-state index contributed by atoms with van der Waals surface area (Å²) in [5.41, 5.74) is 3.13. The van der Waals surface area contributed by atoms with Gasteiger partial charge in [0.05, 0.1) is 12.6 Å². The van der Waals surface area contributed by atoms with Crippen molar-refractivity contribution in [2.24, 2.45) is 0 Å². The third-order valence-electron chi connectivity index (χ3n) is 6.17. The third kappa shape index (κ3) is 3.62. The Morgan fingerprint density at radius 3 is 2.72 bits per heavy atom. The molecule has 164 valence electrons. The number of methoxy groups -OCH3 is 1. The zero-order valence-electron chi connectivity index (χ0n) is 18.4. The van der Waals surface area contributed by atoms with Crippen LogP contribution in [-0.2, 0) is 0 Å². The van der Waals surface area contributed by atoms with Crippen molar-refractivity contribution in [2.75, 3.05) is 39.6 Å². The Balaban J connectivity index is 1.39. The van der Waals surface area contributed by atoms with E-state index in [-0.39, 0.29) is 5.91 Å². The van der Waals surface area contributed by atoms with Gasteiger partial charge in [-0.05, 0) is 63.0 Å². The van der Waals surface area contributed by atoms with Crippen molar-refractivity contribution < 1.29 is 9.53 Å². The fourth-order valence-electron chi connectivity index (χ4n) is 4.25. The predicted octanol–water partition coefficient (Wildman–Crippen LogP) is 3.64. The van der Waals surface area contributed by atoms with Crippen molar-refractivity contribution in [3.8, 4) is 5.75 Å². The van der Waals surface area contributed by atoms with E-state index >= 15 is 0 Å². The number of aromatic amines is 1. The van der Waals surface area contributed by atoms with Gasteiger partial charge in [-0.15, -0.1) is 0 Å². The number of nitrogens with zero attached hydrogens (tertiary/aromatic N) is 4. The Morgan fingerprint density at radius 1 is 1.19 bits per heavy atom. The smallest absolute Gasteiger partial charge is 0.253 e. The minimum absolute atomic E-state index is 0.0772. The molecule has 1 amide bonds. The molecule has 2 N–H and O–H groups in total. The number of rotatable bonds is 5. The molecule has 1 fully saturated rings. The summed E-state index contributed by atoms with van der Waals surface area (Å²) in [6.07, 6.45) is 2.88. The van der Waals surface area contributed by atoms with E-state index in [1.54, 1.807) is 7.11 Å². The van der Waals surface area contributed by atoms with Crippen molar-refractivity contribution in [1.29, 1.82) is 0 Å². The van der Waals surface area contributed by atoms with Crippen LogP contribution in [0.1, 0.15) is 16.8 Å². The highest BCUT2D eigenvalue weighted by Gasteiger charge is 2.28. The van der Waals surface area contributed by atoms with Crippen molar-refractivity contribution in [3.05, 3.63) is 54.2 Å². The van der Waals surface area contributed by atoms with E-state index in [4.69, 9.17) is 9.72 Å². The van der Waals surface area contributed by atoms with E-state index in [9.17, 15) is 4.79 Å². The molecule has 4 aromatic rings. The van der Waals surface area contributed by atoms with Gasteiger partial charge in [-0.3, -0.25) is 9.89 Å². The number of pyridine rings is 1. The lowest BCUT2D eigenvalue weighted by atomic mass is 10.1. The maximum atomic E-state index is 12.9. The normalized spacial score (nSPS) is 16.2. The molecular formula is C24H26N6O2. The fraction of sp³-hybridized carbons (Fsp3) is 0.292. The Morgan fingerprint density at radius 2 is 2.00 bits per heavy atom. The summed E-state index contributed by atoms with van der Waals surface area (Å²) < 4.78 is 5.35. The Hall–Kier alpha value is -3.65. The number of likely N-dealkylation sites (N-methyl/N-ethyl adjacent to an activating group) is 1. The first-order valence-electron chi connectivity index (χ1n) is 10.7. The van der Waals surface area contributed by atoms with E-state index in [0.29, 0.717) is 17.4 Å². The highest BCUT2D eigenvalue weighted by molar-refractivity contribution is 6.09. The molecule has 0 bridgehead atoms. The zero-order chi connectivity index (χ0) is 22.2. The topological polar surface area (TPSA) is 86.4 Å². The summed E-state index contributed by atoms with van der Waals surface area (Å²) in [5.74, 6) is 1.51. The summed E-state index contributed by atoms with van der Waals surface area (Å²) >= 11 is 0. The maximum Gasteiger partial charge on any atom is 0.253 e. The van der Waals surface area contributed by atoms with E-state index < -0.39 is 0 Å². The molecule has 1 unspecified atom stereocenters. The van der Waals surface area contributed by atoms with Gasteiger partial charge in [-0.2, -0.15) is 5.10 Å². The average molecular weight is 431 g/mol. The van der Waals surface area contributed by atoms with E-state index in [1.165, 1.54) is 0 Å². The Kier molecular flexibility index (Phi) is 5.14. The van der Waals surface area contributed by atoms with Crippen molar-refractivity contribution in [3.63, 3.8) is 0 Å². The van der Waals surface area contributed by atoms with Gasteiger partial charge in [0.2, 0.25) is 0 Å². The van der Waals surface area contributed by atoms with Crippen molar-refractivity contribution in [2.45, 2.75) is 12.5 Å². The summed E-state index contributed by atoms with van der Waals surface area (Å²) in [6, 6.07) is 13.8. The highest BCUT2D eigenvalue weighted by Crippen LogP contribution is 2.31. The standard InChI is InChI=1S/C24H26N6O2/c1-29(2)17-10-11-30(14-17)24(31)15-4-6-16(7-5-15)26-23-22-20(13-25-28-22)19-12-18(32-3)8-9-21(19)27-23/h4-9,12-13,17H,10-11,14H2,1-3H3,(H,25,28)(H,26,27). The monoisotopic (exact) mass is 430 g/mol. The van der Waals surface area contributed by atoms with Crippen LogP contribution in [0.4, 0.5) is 11.5 Å². The van der Waals surface area contributed by atoms with Crippen LogP contribution in [-0.4, -0.2) is 71.2 Å². The van der Waals surface area contributed by atoms with Crippen LogP contribution in [0, 0.1) is 0 Å². The SMILES string of the molecule is COc1ccc2nc(Nc3ccc(C(=O)N4CCC(N(C)C)C4)cc3)c3n[nH]cc3c2c1. The van der Waals surface area contributed by atoms with E-state index in [0.717, 1.165) is 52.8 Å². The van der Waals surface area contributed by atoms with Crippen LogP contribution in [0.25, 0.3) is 21.8 Å². The average Bonchev–Trinajstić information content (AvgIpc) is 3.49. The number of likely N-dealkylation sites (tertiary alicyclic amines) is 1. The van der Waals surface area contributed by atoms with Gasteiger partial charge in [0.1, 0.15) is 11.3 Å². The van der Waals surface area contributed by atoms with Crippen molar-refractivity contribution in [1.82, 2.24) is 25.0 Å². The molecule has 0 aliphatic carbocycles. The van der Waals surface area contributed by atoms with Gasteiger partial charge < -0.3 is 19.9 Å². The van der Waals surface area contributed by atoms with Gasteiger partial charge in [0.25, 0.3) is 5.91 Å². The second kappa shape index (κ2) is 8.12. The lowest BCUT2D eigenvalue weighted by Gasteiger charge is -2.20.